The van der Waals surface area contributed by atoms with Gasteiger partial charge in [-0.25, -0.2) is 0 Å². The molecular weight excluding hydrogens is 360 g/mol. The molecule has 0 saturated carbocycles. The first-order valence-corrected chi connectivity index (χ1v) is 10.1. The third-order valence-electron chi connectivity index (χ3n) is 4.75. The van der Waals surface area contributed by atoms with Gasteiger partial charge in [0.25, 0.3) is 0 Å². The van der Waals surface area contributed by atoms with Crippen molar-refractivity contribution in [2.75, 3.05) is 44.2 Å². The Morgan fingerprint density at radius 1 is 1.22 bits per heavy atom. The highest BCUT2D eigenvalue weighted by molar-refractivity contribution is 6.33. The number of rotatable bonds is 6. The van der Waals surface area contributed by atoms with Crippen molar-refractivity contribution in [1.29, 1.82) is 0 Å². The van der Waals surface area contributed by atoms with Gasteiger partial charge in [0.15, 0.2) is 5.96 Å². The average Bonchev–Trinajstić information content (AvgIpc) is 3.10. The number of benzene rings is 1. The highest BCUT2D eigenvalue weighted by atomic mass is 35.5. The summed E-state index contributed by atoms with van der Waals surface area (Å²) in [6.07, 6.45) is 6.04. The number of anilines is 1. The van der Waals surface area contributed by atoms with Gasteiger partial charge in [0.1, 0.15) is 0 Å². The SMILES string of the molecule is CCNC(=NCCCc1cnn(C)c1)N1CCN(c2ccccc2Cl)CC1. The average molecular weight is 389 g/mol. The van der Waals surface area contributed by atoms with Crippen molar-refractivity contribution in [2.24, 2.45) is 12.0 Å². The molecule has 1 aliphatic rings. The molecule has 3 rings (SSSR count). The van der Waals surface area contributed by atoms with Crippen LogP contribution in [0.25, 0.3) is 0 Å². The lowest BCUT2D eigenvalue weighted by molar-refractivity contribution is 0.372. The maximum absolute atomic E-state index is 6.35. The minimum Gasteiger partial charge on any atom is -0.367 e. The Balaban J connectivity index is 1.52. The molecule has 0 bridgehead atoms. The molecule has 1 N–H and O–H groups in total. The number of hydrogen-bond donors (Lipinski definition) is 1. The summed E-state index contributed by atoms with van der Waals surface area (Å²) >= 11 is 6.35. The third kappa shape index (κ3) is 5.39. The fraction of sp³-hybridized carbons (Fsp3) is 0.500. The van der Waals surface area contributed by atoms with E-state index in [0.717, 1.165) is 68.8 Å². The van der Waals surface area contributed by atoms with Crippen LogP contribution in [0.3, 0.4) is 0 Å². The molecule has 7 heteroatoms. The summed E-state index contributed by atoms with van der Waals surface area (Å²) in [7, 11) is 1.95. The molecule has 0 spiro atoms. The van der Waals surface area contributed by atoms with Crippen molar-refractivity contribution in [1.82, 2.24) is 20.0 Å². The molecule has 0 amide bonds. The van der Waals surface area contributed by atoms with Crippen molar-refractivity contribution < 1.29 is 0 Å². The fourth-order valence-corrected chi connectivity index (χ4v) is 3.62. The zero-order valence-electron chi connectivity index (χ0n) is 16.2. The van der Waals surface area contributed by atoms with E-state index in [0.29, 0.717) is 0 Å². The van der Waals surface area contributed by atoms with E-state index in [4.69, 9.17) is 16.6 Å². The van der Waals surface area contributed by atoms with Gasteiger partial charge in [0, 0.05) is 52.5 Å². The third-order valence-corrected chi connectivity index (χ3v) is 5.07. The van der Waals surface area contributed by atoms with Gasteiger partial charge in [0.2, 0.25) is 0 Å². The van der Waals surface area contributed by atoms with Crippen LogP contribution >= 0.6 is 11.6 Å². The predicted molar refractivity (Wildman–Crippen MR) is 113 cm³/mol. The molecule has 2 heterocycles. The molecule has 0 aliphatic carbocycles. The Morgan fingerprint density at radius 2 is 2.00 bits per heavy atom. The minimum atomic E-state index is 0.821. The van der Waals surface area contributed by atoms with Crippen LogP contribution in [0.2, 0.25) is 5.02 Å². The summed E-state index contributed by atoms with van der Waals surface area (Å²) in [6.45, 7) is 7.60. The lowest BCUT2D eigenvalue weighted by atomic mass is 10.2. The van der Waals surface area contributed by atoms with Gasteiger partial charge in [-0.15, -0.1) is 0 Å². The molecule has 146 valence electrons. The van der Waals surface area contributed by atoms with E-state index in [9.17, 15) is 0 Å². The van der Waals surface area contributed by atoms with Crippen LogP contribution in [0.4, 0.5) is 5.69 Å². The summed E-state index contributed by atoms with van der Waals surface area (Å²) < 4.78 is 1.85. The van der Waals surface area contributed by atoms with Crippen LogP contribution in [-0.2, 0) is 13.5 Å². The second kappa shape index (κ2) is 9.65. The fourth-order valence-electron chi connectivity index (χ4n) is 3.36. The number of piperazine rings is 1. The highest BCUT2D eigenvalue weighted by Crippen LogP contribution is 2.26. The number of aliphatic imine (C=N–C) groups is 1. The predicted octanol–water partition coefficient (Wildman–Crippen LogP) is 2.79. The maximum atomic E-state index is 6.35. The Bertz CT molecular complexity index is 748. The lowest BCUT2D eigenvalue weighted by Crippen LogP contribution is -2.52. The van der Waals surface area contributed by atoms with E-state index in [-0.39, 0.29) is 0 Å². The summed E-state index contributed by atoms with van der Waals surface area (Å²) in [4.78, 5) is 9.53. The zero-order chi connectivity index (χ0) is 19.1. The number of nitrogens with one attached hydrogen (secondary N) is 1. The Hall–Kier alpha value is -2.21. The summed E-state index contributed by atoms with van der Waals surface area (Å²) in [5.41, 5.74) is 2.39. The number of halogens is 1. The van der Waals surface area contributed by atoms with Gasteiger partial charge in [-0.1, -0.05) is 23.7 Å². The molecule has 6 nitrogen and oxygen atoms in total. The smallest absolute Gasteiger partial charge is 0.194 e. The van der Waals surface area contributed by atoms with Crippen molar-refractivity contribution in [3.8, 4) is 0 Å². The number of para-hydroxylation sites is 1. The molecule has 1 aromatic heterocycles. The molecule has 0 radical (unpaired) electrons. The topological polar surface area (TPSA) is 48.7 Å². The van der Waals surface area contributed by atoms with Crippen LogP contribution in [0.1, 0.15) is 18.9 Å². The molecule has 0 unspecified atom stereocenters. The largest absolute Gasteiger partial charge is 0.367 e. The van der Waals surface area contributed by atoms with Crippen molar-refractivity contribution >= 4 is 23.2 Å². The molecule has 1 aromatic carbocycles. The van der Waals surface area contributed by atoms with Gasteiger partial charge in [-0.05, 0) is 37.5 Å². The first-order chi connectivity index (χ1) is 13.2. The quantitative estimate of drug-likeness (QED) is 0.469. The summed E-state index contributed by atoms with van der Waals surface area (Å²) in [5.74, 6) is 1.02. The Labute approximate surface area is 166 Å². The van der Waals surface area contributed by atoms with E-state index in [1.165, 1.54) is 5.56 Å². The summed E-state index contributed by atoms with van der Waals surface area (Å²) in [6, 6.07) is 8.07. The van der Waals surface area contributed by atoms with E-state index >= 15 is 0 Å². The van der Waals surface area contributed by atoms with Crippen LogP contribution in [0.15, 0.2) is 41.7 Å². The van der Waals surface area contributed by atoms with Crippen molar-refractivity contribution in [3.05, 3.63) is 47.2 Å². The van der Waals surface area contributed by atoms with E-state index in [1.807, 2.05) is 36.1 Å². The van der Waals surface area contributed by atoms with Crippen LogP contribution in [-0.4, -0.2) is 59.9 Å². The molecule has 1 fully saturated rings. The lowest BCUT2D eigenvalue weighted by Gasteiger charge is -2.38. The van der Waals surface area contributed by atoms with Crippen LogP contribution < -0.4 is 10.2 Å². The minimum absolute atomic E-state index is 0.821. The zero-order valence-corrected chi connectivity index (χ0v) is 17.0. The Kier molecular flexibility index (Phi) is 6.98. The van der Waals surface area contributed by atoms with Crippen LogP contribution in [0, 0.1) is 0 Å². The molecule has 2 aromatic rings. The molecule has 27 heavy (non-hydrogen) atoms. The van der Waals surface area contributed by atoms with Gasteiger partial charge < -0.3 is 15.1 Å². The number of aromatic nitrogens is 2. The second-order valence-corrected chi connectivity index (χ2v) is 7.19. The van der Waals surface area contributed by atoms with Crippen LogP contribution in [0.5, 0.6) is 0 Å². The van der Waals surface area contributed by atoms with E-state index < -0.39 is 0 Å². The van der Waals surface area contributed by atoms with Crippen molar-refractivity contribution in [3.63, 3.8) is 0 Å². The van der Waals surface area contributed by atoms with E-state index in [2.05, 4.69) is 39.4 Å². The molecule has 0 atom stereocenters. The van der Waals surface area contributed by atoms with E-state index in [1.54, 1.807) is 0 Å². The number of nitrogens with zero attached hydrogens (tertiary/aromatic N) is 5. The highest BCUT2D eigenvalue weighted by Gasteiger charge is 2.20. The van der Waals surface area contributed by atoms with Gasteiger partial charge in [-0.3, -0.25) is 9.67 Å². The normalized spacial score (nSPS) is 15.3. The monoisotopic (exact) mass is 388 g/mol. The first-order valence-electron chi connectivity index (χ1n) is 9.67. The standard InChI is InChI=1S/C20H29ClN6/c1-3-22-20(23-10-6-7-17-15-24-25(2)16-17)27-13-11-26(12-14-27)19-9-5-4-8-18(19)21/h4-5,8-9,15-16H,3,6-7,10-14H2,1-2H3,(H,22,23). The Morgan fingerprint density at radius 3 is 2.67 bits per heavy atom. The second-order valence-electron chi connectivity index (χ2n) is 6.79. The summed E-state index contributed by atoms with van der Waals surface area (Å²) in [5, 5.41) is 8.48. The number of aryl methyl sites for hydroxylation is 2. The first kappa shape index (κ1) is 19.5. The molecule has 1 aliphatic heterocycles. The van der Waals surface area contributed by atoms with Crippen molar-refractivity contribution in [2.45, 2.75) is 19.8 Å². The number of hydrogen-bond acceptors (Lipinski definition) is 3. The molecule has 1 saturated heterocycles. The van der Waals surface area contributed by atoms with Gasteiger partial charge >= 0.3 is 0 Å². The van der Waals surface area contributed by atoms with Gasteiger partial charge in [0.05, 0.1) is 16.9 Å². The molecular formula is C20H29ClN6. The maximum Gasteiger partial charge on any atom is 0.194 e. The number of guanidine groups is 1. The van der Waals surface area contributed by atoms with Gasteiger partial charge in [-0.2, -0.15) is 5.10 Å².